The third kappa shape index (κ3) is 3.32. The minimum absolute atomic E-state index is 0.0957. The molecular weight excluding hydrogens is 312 g/mol. The molecule has 2 aromatic rings. The van der Waals surface area contributed by atoms with Crippen LogP contribution in [0.3, 0.4) is 0 Å². The van der Waals surface area contributed by atoms with Gasteiger partial charge >= 0.3 is 0 Å². The van der Waals surface area contributed by atoms with Crippen molar-refractivity contribution in [3.05, 3.63) is 29.6 Å². The Morgan fingerprint density at radius 2 is 2.09 bits per heavy atom. The van der Waals surface area contributed by atoms with E-state index in [1.165, 1.54) is 11.3 Å². The number of fused-ring (bicyclic) bond motifs is 2. The number of benzene rings is 1. The van der Waals surface area contributed by atoms with Crippen LogP contribution in [0, 0.1) is 5.92 Å². The van der Waals surface area contributed by atoms with Crippen molar-refractivity contribution in [2.45, 2.75) is 26.8 Å². The summed E-state index contributed by atoms with van der Waals surface area (Å²) >= 11 is 1.48. The molecule has 1 aromatic carbocycles. The van der Waals surface area contributed by atoms with Crippen LogP contribution < -0.4 is 14.3 Å². The fourth-order valence-corrected chi connectivity index (χ4v) is 3.57. The Kier molecular flexibility index (Phi) is 4.52. The molecule has 23 heavy (non-hydrogen) atoms. The predicted octanol–water partition coefficient (Wildman–Crippen LogP) is 3.13. The summed E-state index contributed by atoms with van der Waals surface area (Å²) in [5.41, 5.74) is 0.982. The van der Waals surface area contributed by atoms with Crippen LogP contribution in [-0.2, 0) is 11.3 Å². The van der Waals surface area contributed by atoms with Crippen LogP contribution in [0.1, 0.15) is 20.3 Å². The maximum Gasteiger partial charge on any atom is 0.248 e. The summed E-state index contributed by atoms with van der Waals surface area (Å²) in [5, 5.41) is 0. The number of hydrogen-bond donors (Lipinski definition) is 0. The predicted molar refractivity (Wildman–Crippen MR) is 91.0 cm³/mol. The smallest absolute Gasteiger partial charge is 0.248 e. The van der Waals surface area contributed by atoms with Gasteiger partial charge in [0.05, 0.1) is 10.2 Å². The van der Waals surface area contributed by atoms with Crippen molar-refractivity contribution in [3.8, 4) is 11.5 Å². The first-order valence-corrected chi connectivity index (χ1v) is 8.51. The maximum atomic E-state index is 12.1. The zero-order chi connectivity index (χ0) is 16.4. The van der Waals surface area contributed by atoms with Crippen LogP contribution in [0.25, 0.3) is 10.2 Å². The number of rotatable bonds is 4. The van der Waals surface area contributed by atoms with Gasteiger partial charge in [-0.25, -0.2) is 0 Å². The number of hydrogen-bond acceptors (Lipinski definition) is 4. The normalized spacial score (nSPS) is 14.5. The Balaban J connectivity index is 2.13. The van der Waals surface area contributed by atoms with Gasteiger partial charge in [-0.05, 0) is 5.92 Å². The molecule has 0 saturated heterocycles. The summed E-state index contributed by atoms with van der Waals surface area (Å²) in [6.45, 7) is 9.52. The maximum absolute atomic E-state index is 12.1. The van der Waals surface area contributed by atoms with Crippen LogP contribution in [0.4, 0.5) is 0 Å². The number of carbonyl (C=O) groups is 1. The van der Waals surface area contributed by atoms with E-state index in [9.17, 15) is 4.79 Å². The van der Waals surface area contributed by atoms with Gasteiger partial charge in [-0.1, -0.05) is 31.3 Å². The van der Waals surface area contributed by atoms with Crippen molar-refractivity contribution >= 4 is 27.5 Å². The largest absolute Gasteiger partial charge is 0.486 e. The first kappa shape index (κ1) is 15.8. The zero-order valence-corrected chi connectivity index (χ0v) is 14.2. The first-order valence-electron chi connectivity index (χ1n) is 7.70. The van der Waals surface area contributed by atoms with E-state index in [0.717, 1.165) is 21.7 Å². The van der Waals surface area contributed by atoms with Gasteiger partial charge in [-0.15, -0.1) is 6.58 Å². The van der Waals surface area contributed by atoms with Crippen molar-refractivity contribution in [3.63, 3.8) is 0 Å². The van der Waals surface area contributed by atoms with Crippen LogP contribution >= 0.6 is 11.3 Å². The molecule has 122 valence electrons. The summed E-state index contributed by atoms with van der Waals surface area (Å²) in [6, 6.07) is 3.91. The van der Waals surface area contributed by atoms with E-state index in [0.29, 0.717) is 36.9 Å². The van der Waals surface area contributed by atoms with Gasteiger partial charge in [0.1, 0.15) is 13.2 Å². The van der Waals surface area contributed by atoms with Crippen LogP contribution in [0.2, 0.25) is 0 Å². The molecule has 0 saturated carbocycles. The number of carbonyl (C=O) groups excluding carboxylic acids is 1. The lowest BCUT2D eigenvalue weighted by molar-refractivity contribution is -0.118. The second kappa shape index (κ2) is 6.58. The average Bonchev–Trinajstić information content (AvgIpc) is 2.81. The van der Waals surface area contributed by atoms with Gasteiger partial charge in [0.25, 0.3) is 0 Å². The summed E-state index contributed by atoms with van der Waals surface area (Å²) in [7, 11) is 0. The van der Waals surface area contributed by atoms with Crippen LogP contribution in [0.5, 0.6) is 11.5 Å². The van der Waals surface area contributed by atoms with Crippen LogP contribution in [-0.4, -0.2) is 23.7 Å². The summed E-state index contributed by atoms with van der Waals surface area (Å²) in [5.74, 6) is 1.68. The van der Waals surface area contributed by atoms with E-state index in [1.54, 1.807) is 6.08 Å². The molecule has 6 heteroatoms. The molecule has 1 aliphatic rings. The van der Waals surface area contributed by atoms with Crippen molar-refractivity contribution in [1.82, 2.24) is 4.57 Å². The molecule has 0 N–H and O–H groups in total. The third-order valence-corrected chi connectivity index (χ3v) is 4.50. The lowest BCUT2D eigenvalue weighted by Crippen LogP contribution is -2.17. The lowest BCUT2D eigenvalue weighted by atomic mass is 10.1. The Morgan fingerprint density at radius 3 is 2.74 bits per heavy atom. The molecule has 1 aliphatic heterocycles. The Morgan fingerprint density at radius 1 is 1.39 bits per heavy atom. The van der Waals surface area contributed by atoms with E-state index in [4.69, 9.17) is 9.47 Å². The highest BCUT2D eigenvalue weighted by Crippen LogP contribution is 2.35. The first-order chi connectivity index (χ1) is 11.1. The second-order valence-electron chi connectivity index (χ2n) is 5.85. The van der Waals surface area contributed by atoms with E-state index in [-0.39, 0.29) is 5.91 Å². The number of amides is 1. The lowest BCUT2D eigenvalue weighted by Gasteiger charge is -2.18. The van der Waals surface area contributed by atoms with E-state index in [2.05, 4.69) is 11.6 Å². The van der Waals surface area contributed by atoms with Crippen molar-refractivity contribution in [1.29, 1.82) is 0 Å². The monoisotopic (exact) mass is 332 g/mol. The molecule has 5 nitrogen and oxygen atoms in total. The Hall–Kier alpha value is -2.08. The van der Waals surface area contributed by atoms with Crippen molar-refractivity contribution in [2.75, 3.05) is 13.2 Å². The highest BCUT2D eigenvalue weighted by Gasteiger charge is 2.16. The van der Waals surface area contributed by atoms with Gasteiger partial charge in [0.2, 0.25) is 5.91 Å². The zero-order valence-electron chi connectivity index (χ0n) is 13.4. The van der Waals surface area contributed by atoms with Gasteiger partial charge in [0, 0.05) is 25.1 Å². The third-order valence-electron chi connectivity index (χ3n) is 3.46. The molecule has 1 amide bonds. The summed E-state index contributed by atoms with van der Waals surface area (Å²) < 4.78 is 14.3. The molecule has 0 radical (unpaired) electrons. The topological polar surface area (TPSA) is 52.8 Å². The van der Waals surface area contributed by atoms with Gasteiger partial charge < -0.3 is 14.0 Å². The molecular formula is C17H20N2O3S. The number of thiazole rings is 1. The number of allylic oxidation sites excluding steroid dienone is 1. The molecule has 0 spiro atoms. The molecule has 3 rings (SSSR count). The minimum Gasteiger partial charge on any atom is -0.486 e. The number of ether oxygens (including phenoxy) is 2. The Bertz CT molecular complexity index is 817. The fourth-order valence-electron chi connectivity index (χ4n) is 2.50. The molecule has 2 heterocycles. The highest BCUT2D eigenvalue weighted by molar-refractivity contribution is 7.16. The van der Waals surface area contributed by atoms with E-state index >= 15 is 0 Å². The molecule has 0 aliphatic carbocycles. The standard InChI is InChI=1S/C17H20N2O3S/c1-4-5-19-12-9-13-14(22-7-6-21-13)10-15(12)23-17(19)18-16(20)8-11(2)3/h4,9-11H,1,5-8H2,2-3H3. The number of nitrogens with zero attached hydrogens (tertiary/aromatic N) is 2. The van der Waals surface area contributed by atoms with Crippen molar-refractivity contribution < 1.29 is 14.3 Å². The number of aromatic nitrogens is 1. The van der Waals surface area contributed by atoms with Gasteiger partial charge in [-0.2, -0.15) is 4.99 Å². The average molecular weight is 332 g/mol. The molecule has 1 aromatic heterocycles. The summed E-state index contributed by atoms with van der Waals surface area (Å²) in [4.78, 5) is 17.0. The highest BCUT2D eigenvalue weighted by atomic mass is 32.1. The van der Waals surface area contributed by atoms with E-state index in [1.807, 2.05) is 30.5 Å². The Labute approximate surface area is 138 Å². The quantitative estimate of drug-likeness (QED) is 0.808. The molecule has 0 bridgehead atoms. The van der Waals surface area contributed by atoms with Gasteiger partial charge in [-0.3, -0.25) is 4.79 Å². The van der Waals surface area contributed by atoms with E-state index < -0.39 is 0 Å². The van der Waals surface area contributed by atoms with Crippen molar-refractivity contribution in [2.24, 2.45) is 10.9 Å². The summed E-state index contributed by atoms with van der Waals surface area (Å²) in [6.07, 6.45) is 2.25. The molecule has 0 fully saturated rings. The van der Waals surface area contributed by atoms with Crippen LogP contribution in [0.15, 0.2) is 29.8 Å². The molecule has 0 atom stereocenters. The second-order valence-corrected chi connectivity index (χ2v) is 6.86. The fraction of sp³-hybridized carbons (Fsp3) is 0.412. The minimum atomic E-state index is -0.0957. The van der Waals surface area contributed by atoms with Gasteiger partial charge in [0.15, 0.2) is 16.3 Å². The molecule has 0 unspecified atom stereocenters. The SMILES string of the molecule is C=CCn1c(=NC(=O)CC(C)C)sc2cc3c(cc21)OCCO3.